The molecule has 0 rings (SSSR count). The Morgan fingerprint density at radius 1 is 0.500 bits per heavy atom. The highest BCUT2D eigenvalue weighted by Crippen LogP contribution is -0.00139. The summed E-state index contributed by atoms with van der Waals surface area (Å²) in [4.78, 5) is 0. The third kappa shape index (κ3) is 17.9. The second-order valence-corrected chi connectivity index (χ2v) is 0. The van der Waals surface area contributed by atoms with Crippen molar-refractivity contribution in [2.75, 3.05) is 0 Å². The first-order valence-corrected chi connectivity index (χ1v) is 0. The Kier molecular flexibility index (Phi) is 2550. The van der Waals surface area contributed by atoms with Gasteiger partial charge in [-0.05, 0) is 0 Å². The fourth-order valence-corrected chi connectivity index (χ4v) is 0. The van der Waals surface area contributed by atoms with Crippen LogP contribution in [0.5, 0.6) is 0 Å². The van der Waals surface area contributed by atoms with E-state index in [1.54, 1.807) is 0 Å². The Bertz CT molecular complexity index is 4.00. The summed E-state index contributed by atoms with van der Waals surface area (Å²) in [6.07, 6.45) is 0. The van der Waals surface area contributed by atoms with Gasteiger partial charge < -0.3 is 11.0 Å². The molecule has 0 aromatic heterocycles. The van der Waals surface area contributed by atoms with Gasteiger partial charge in [-0.2, -0.15) is 0 Å². The van der Waals surface area contributed by atoms with Crippen LogP contribution in [0.25, 0.3) is 0 Å². The zero-order chi connectivity index (χ0) is 0. The largest absolute Gasteiger partial charge is 0.870 e. The first-order valence-electron chi connectivity index (χ1n) is 0. The molecule has 0 aromatic rings. The lowest BCUT2D eigenvalue weighted by molar-refractivity contribution is 0.823. The third-order valence-electron chi connectivity index (χ3n) is 0. The molecule has 4 heteroatoms. The maximum absolute atomic E-state index is 0. The van der Waals surface area contributed by atoms with Gasteiger partial charge in [-0.1, -0.05) is 27.0 Å². The minimum Gasteiger partial charge on any atom is -0.870 e. The van der Waals surface area contributed by atoms with Crippen molar-refractivity contribution in [2.24, 2.45) is 0 Å². The quantitative estimate of drug-likeness (QED) is 0.335. The van der Waals surface area contributed by atoms with E-state index in [9.17, 15) is 0 Å². The van der Waals surface area contributed by atoms with Gasteiger partial charge in [0.05, 0.1) is 0 Å². The molecule has 0 aromatic carbocycles. The molecule has 0 aliphatic rings. The van der Waals surface area contributed by atoms with Crippen LogP contribution in [0.4, 0.5) is 0 Å². The minimum absolute atomic E-state index is 0. The number of hydrogen-bond acceptors (Lipinski definition) is 2. The van der Waals surface area contributed by atoms with Crippen molar-refractivity contribution in [1.29, 1.82) is 0 Å². The summed E-state index contributed by atoms with van der Waals surface area (Å²) >= 11 is 0. The Hall–Kier alpha value is 0.620. The molecule has 0 atom stereocenters. The van der Waals surface area contributed by atoms with Crippen molar-refractivity contribution in [3.8, 4) is 0 Å². The molecule has 4 heavy (non-hydrogen) atoms. The van der Waals surface area contributed by atoms with E-state index in [1.807, 2.05) is 0 Å². The fourth-order valence-electron chi connectivity index (χ4n) is 0. The lowest BCUT2D eigenvalue weighted by Gasteiger charge is -0.871. The van der Waals surface area contributed by atoms with Gasteiger partial charge in [0.25, 0.3) is 0 Å². The molecule has 2 N–H and O–H groups in total. The second kappa shape index (κ2) is 64.6. The molecular formula is H8O2S2. The predicted molar refractivity (Wildman–Crippen MR) is 27.0 cm³/mol. The summed E-state index contributed by atoms with van der Waals surface area (Å²) in [5, 5.41) is 0. The van der Waals surface area contributed by atoms with Gasteiger partial charge in [-0.3, -0.25) is 0 Å². The predicted octanol–water partition coefficient (Wildman–Crippen LogP) is -1.96. The molecule has 0 aliphatic heterocycles. The molecule has 0 saturated heterocycles. The first-order chi connectivity index (χ1) is 0. The molecule has 2 nitrogen and oxygen atoms in total. The van der Waals surface area contributed by atoms with E-state index < -0.39 is 0 Å². The molecule has 0 fully saturated rings. The van der Waals surface area contributed by atoms with Crippen molar-refractivity contribution in [3.63, 3.8) is 0 Å². The highest BCUT2D eigenvalue weighted by atomic mass is 32.1. The van der Waals surface area contributed by atoms with Crippen molar-refractivity contribution in [2.45, 2.75) is 0 Å². The topological polar surface area (TPSA) is 60.0 Å². The van der Waals surface area contributed by atoms with Crippen LogP contribution in [-0.4, -0.2) is 11.0 Å². The van der Waals surface area contributed by atoms with E-state index in [4.69, 9.17) is 0 Å². The van der Waals surface area contributed by atoms with Gasteiger partial charge in [0.15, 0.2) is 0 Å². The number of hydrogen-bond donors (Lipinski definition) is 0. The molecule has 0 amide bonds. The van der Waals surface area contributed by atoms with E-state index in [2.05, 4.69) is 0 Å². The fraction of sp³-hybridized carbons (Fsp3) is 0. The van der Waals surface area contributed by atoms with Gasteiger partial charge in [0, 0.05) is 0 Å². The molecule has 0 radical (unpaired) electrons. The van der Waals surface area contributed by atoms with Crippen LogP contribution < -0.4 is 0 Å². The Labute approximate surface area is 38.7 Å². The molecule has 0 saturated carbocycles. The van der Waals surface area contributed by atoms with Gasteiger partial charge in [-0.25, -0.2) is 0 Å². The van der Waals surface area contributed by atoms with Crippen LogP contribution in [0.2, 0.25) is 0 Å². The van der Waals surface area contributed by atoms with Gasteiger partial charge >= 0.3 is 0 Å². The van der Waals surface area contributed by atoms with Crippen LogP contribution in [0.15, 0.2) is 0 Å². The monoisotopic (exact) mass is 104 g/mol. The third-order valence-corrected chi connectivity index (χ3v) is 0. The lowest BCUT2D eigenvalue weighted by Crippen LogP contribution is -0.290. The van der Waals surface area contributed by atoms with E-state index in [0.29, 0.717) is 0 Å². The zero-order valence-corrected chi connectivity index (χ0v) is 4.36. The molecule has 32 valence electrons. The van der Waals surface area contributed by atoms with E-state index in [0.717, 1.165) is 0 Å². The van der Waals surface area contributed by atoms with Crippen LogP contribution >= 0.6 is 0 Å². The summed E-state index contributed by atoms with van der Waals surface area (Å²) in [6, 6.07) is 0. The van der Waals surface area contributed by atoms with Crippen LogP contribution in [0.1, 0.15) is 0 Å². The van der Waals surface area contributed by atoms with Crippen LogP contribution in [0, 0.1) is 0 Å². The van der Waals surface area contributed by atoms with Crippen molar-refractivity contribution < 1.29 is 11.0 Å². The SMILES string of the molecule is [OH-].[OH-].[SH3+].[SH3+]. The van der Waals surface area contributed by atoms with Crippen LogP contribution in [-0.2, 0) is 27.0 Å². The lowest BCUT2D eigenvalue weighted by atomic mass is 16.0. The maximum Gasteiger partial charge on any atom is -0.0576 e. The molecule has 0 aliphatic carbocycles. The highest BCUT2D eigenvalue weighted by molar-refractivity contribution is 7.37. The first kappa shape index (κ1) is 157. The van der Waals surface area contributed by atoms with Crippen molar-refractivity contribution >= 4 is 27.0 Å². The van der Waals surface area contributed by atoms with Crippen LogP contribution in [0.3, 0.4) is 0 Å². The number of rotatable bonds is 0. The normalized spacial score (nSPS) is 0. The summed E-state index contributed by atoms with van der Waals surface area (Å²) in [7, 11) is 0. The molecule has 0 bridgehead atoms. The Balaban J connectivity index is 0. The summed E-state index contributed by atoms with van der Waals surface area (Å²) in [6.45, 7) is 0. The average Bonchev–Trinajstić information content (AvgIpc) is 0. The summed E-state index contributed by atoms with van der Waals surface area (Å²) in [5.41, 5.74) is 0. The van der Waals surface area contributed by atoms with Gasteiger partial charge in [0.1, 0.15) is 0 Å². The van der Waals surface area contributed by atoms with Crippen molar-refractivity contribution in [1.82, 2.24) is 0 Å². The Morgan fingerprint density at radius 3 is 0.500 bits per heavy atom. The molecular weight excluding hydrogens is 96.1 g/mol. The minimum atomic E-state index is 0. The summed E-state index contributed by atoms with van der Waals surface area (Å²) in [5.74, 6) is 0. The smallest absolute Gasteiger partial charge is 0.0576 e. The zero-order valence-electron chi connectivity index (χ0n) is 2.05. The van der Waals surface area contributed by atoms with Gasteiger partial charge in [0.2, 0.25) is 0 Å². The van der Waals surface area contributed by atoms with Crippen molar-refractivity contribution in [3.05, 3.63) is 0 Å². The maximum atomic E-state index is 0. The Morgan fingerprint density at radius 2 is 0.500 bits per heavy atom. The molecule has 0 spiro atoms. The highest BCUT2D eigenvalue weighted by Gasteiger charge is -0.0566. The molecule has 0 heterocycles. The van der Waals surface area contributed by atoms with E-state index in [-0.39, 0.29) is 37.9 Å². The average molecular weight is 104 g/mol. The standard InChI is InChI=1S/2H2O.2H2S/h4*1H2. The van der Waals surface area contributed by atoms with E-state index >= 15 is 0 Å². The molecule has 0 unspecified atom stereocenters. The second-order valence-electron chi connectivity index (χ2n) is 0. The summed E-state index contributed by atoms with van der Waals surface area (Å²) < 4.78 is 0. The van der Waals surface area contributed by atoms with E-state index in [1.165, 1.54) is 0 Å². The van der Waals surface area contributed by atoms with Gasteiger partial charge in [-0.15, -0.1) is 0 Å².